The topological polar surface area (TPSA) is 3.24 Å². The molecule has 8 heavy (non-hydrogen) atoms. The van der Waals surface area contributed by atoms with Gasteiger partial charge in [-0.15, -0.1) is 23.2 Å². The minimum atomic E-state index is 0.557. The molecule has 0 heterocycles. The Labute approximate surface area is 61.6 Å². The molecule has 3 heteroatoms. The number of rotatable bonds is 1. The van der Waals surface area contributed by atoms with Crippen molar-refractivity contribution in [2.75, 3.05) is 32.9 Å². The van der Waals surface area contributed by atoms with E-state index in [-0.39, 0.29) is 0 Å². The quantitative estimate of drug-likeness (QED) is 0.524. The van der Waals surface area contributed by atoms with Crippen molar-refractivity contribution in [2.45, 2.75) is 0 Å². The second kappa shape index (κ2) is 10.5. The summed E-state index contributed by atoms with van der Waals surface area (Å²) < 4.78 is 0. The maximum absolute atomic E-state index is 5.05. The van der Waals surface area contributed by atoms with Crippen LogP contribution in [0.5, 0.6) is 0 Å². The first-order valence-corrected chi connectivity index (χ1v) is 3.45. The first-order valence-electron chi connectivity index (χ1n) is 2.38. The molecule has 0 bridgehead atoms. The van der Waals surface area contributed by atoms with Gasteiger partial charge in [-0.2, -0.15) is 0 Å². The van der Waals surface area contributed by atoms with Gasteiger partial charge < -0.3 is 4.90 Å². The standard InChI is InChI=1S/C3H9N.C2H4Cl2/c1-4(2)3;3-1-2-4/h1-3H3;1-2H2. The summed E-state index contributed by atoms with van der Waals surface area (Å²) in [6.07, 6.45) is 0. The van der Waals surface area contributed by atoms with Crippen molar-refractivity contribution in [1.82, 2.24) is 4.90 Å². The highest BCUT2D eigenvalue weighted by Crippen LogP contribution is 1.75. The first kappa shape index (κ1) is 11.4. The van der Waals surface area contributed by atoms with Crippen LogP contribution < -0.4 is 0 Å². The van der Waals surface area contributed by atoms with Gasteiger partial charge in [0.1, 0.15) is 0 Å². The average Bonchev–Trinajstić information content (AvgIpc) is 1.65. The lowest BCUT2D eigenvalue weighted by Crippen LogP contribution is -1.99. The third kappa shape index (κ3) is 84.6. The summed E-state index contributed by atoms with van der Waals surface area (Å²) in [5.41, 5.74) is 0. The van der Waals surface area contributed by atoms with Gasteiger partial charge in [0, 0.05) is 11.8 Å². The number of hydrogen-bond donors (Lipinski definition) is 0. The summed E-state index contributed by atoms with van der Waals surface area (Å²) in [7, 11) is 6.00. The van der Waals surface area contributed by atoms with Crippen molar-refractivity contribution in [2.24, 2.45) is 0 Å². The molecule has 52 valence electrons. The highest BCUT2D eigenvalue weighted by atomic mass is 35.5. The van der Waals surface area contributed by atoms with Gasteiger partial charge in [0.2, 0.25) is 0 Å². The number of halogens is 2. The van der Waals surface area contributed by atoms with Crippen LogP contribution in [-0.4, -0.2) is 37.8 Å². The summed E-state index contributed by atoms with van der Waals surface area (Å²) in [4.78, 5) is 2.00. The molecule has 0 fully saturated rings. The van der Waals surface area contributed by atoms with E-state index in [1.54, 1.807) is 0 Å². The van der Waals surface area contributed by atoms with Crippen molar-refractivity contribution in [3.8, 4) is 0 Å². The largest absolute Gasteiger partial charge is 0.312 e. The molecule has 0 saturated heterocycles. The summed E-state index contributed by atoms with van der Waals surface area (Å²) in [6.45, 7) is 0. The van der Waals surface area contributed by atoms with E-state index in [2.05, 4.69) is 0 Å². The molecule has 0 amide bonds. The molecular formula is C5H13Cl2N. The van der Waals surface area contributed by atoms with Crippen LogP contribution in [0.4, 0.5) is 0 Å². The number of hydrogen-bond acceptors (Lipinski definition) is 1. The van der Waals surface area contributed by atoms with Gasteiger partial charge in [0.05, 0.1) is 0 Å². The number of alkyl halides is 2. The average molecular weight is 158 g/mol. The van der Waals surface area contributed by atoms with Crippen LogP contribution in [-0.2, 0) is 0 Å². The van der Waals surface area contributed by atoms with Crippen molar-refractivity contribution in [1.29, 1.82) is 0 Å². The van der Waals surface area contributed by atoms with E-state index in [4.69, 9.17) is 23.2 Å². The third-order valence-corrected chi connectivity index (χ3v) is 0.643. The Kier molecular flexibility index (Phi) is 14.9. The fourth-order valence-corrected chi connectivity index (χ4v) is 0. The van der Waals surface area contributed by atoms with Gasteiger partial charge >= 0.3 is 0 Å². The Morgan fingerprint density at radius 2 is 1.12 bits per heavy atom. The van der Waals surface area contributed by atoms with E-state index in [0.717, 1.165) is 0 Å². The van der Waals surface area contributed by atoms with Crippen LogP contribution in [0.25, 0.3) is 0 Å². The Bertz CT molecular complexity index is 26.9. The van der Waals surface area contributed by atoms with E-state index in [1.165, 1.54) is 0 Å². The van der Waals surface area contributed by atoms with E-state index in [1.807, 2.05) is 26.0 Å². The summed E-state index contributed by atoms with van der Waals surface area (Å²) >= 11 is 10.1. The Balaban J connectivity index is 0. The summed E-state index contributed by atoms with van der Waals surface area (Å²) in [5.74, 6) is 1.11. The first-order chi connectivity index (χ1) is 3.65. The van der Waals surface area contributed by atoms with Crippen LogP contribution in [0.15, 0.2) is 0 Å². The predicted octanol–water partition coefficient (Wildman–Crippen LogP) is 1.64. The van der Waals surface area contributed by atoms with Crippen LogP contribution in [0.2, 0.25) is 0 Å². The second-order valence-electron chi connectivity index (χ2n) is 1.72. The van der Waals surface area contributed by atoms with Crippen LogP contribution >= 0.6 is 23.2 Å². The van der Waals surface area contributed by atoms with Crippen LogP contribution in [0, 0.1) is 0 Å². The SMILES string of the molecule is CN(C)C.ClCCCl. The molecule has 1 nitrogen and oxygen atoms in total. The molecule has 0 aliphatic rings. The molecule has 0 saturated carbocycles. The molecule has 0 N–H and O–H groups in total. The van der Waals surface area contributed by atoms with Gasteiger partial charge in [-0.25, -0.2) is 0 Å². The van der Waals surface area contributed by atoms with Crippen molar-refractivity contribution in [3.63, 3.8) is 0 Å². The maximum Gasteiger partial charge on any atom is 0.0359 e. The molecule has 0 rings (SSSR count). The van der Waals surface area contributed by atoms with Gasteiger partial charge in [-0.1, -0.05) is 0 Å². The summed E-state index contributed by atoms with van der Waals surface area (Å²) in [6, 6.07) is 0. The van der Waals surface area contributed by atoms with E-state index in [9.17, 15) is 0 Å². The van der Waals surface area contributed by atoms with E-state index >= 15 is 0 Å². The fraction of sp³-hybridized carbons (Fsp3) is 1.00. The zero-order chi connectivity index (χ0) is 6.99. The van der Waals surface area contributed by atoms with Crippen LogP contribution in [0.1, 0.15) is 0 Å². The molecule has 0 aromatic carbocycles. The smallest absolute Gasteiger partial charge is 0.0359 e. The highest BCUT2D eigenvalue weighted by molar-refractivity contribution is 6.25. The van der Waals surface area contributed by atoms with Crippen molar-refractivity contribution < 1.29 is 0 Å². The Hall–Kier alpha value is 0.540. The molecule has 0 radical (unpaired) electrons. The number of nitrogens with zero attached hydrogens (tertiary/aromatic N) is 1. The monoisotopic (exact) mass is 157 g/mol. The van der Waals surface area contributed by atoms with Gasteiger partial charge in [0.15, 0.2) is 0 Å². The molecule has 0 atom stereocenters. The normalized spacial score (nSPS) is 8.25. The predicted molar refractivity (Wildman–Crippen MR) is 41.1 cm³/mol. The van der Waals surface area contributed by atoms with Gasteiger partial charge in [0.25, 0.3) is 0 Å². The van der Waals surface area contributed by atoms with Gasteiger partial charge in [-0.05, 0) is 21.1 Å². The lowest BCUT2D eigenvalue weighted by Gasteiger charge is -1.90. The minimum Gasteiger partial charge on any atom is -0.312 e. The fourth-order valence-electron chi connectivity index (χ4n) is 0. The summed E-state index contributed by atoms with van der Waals surface area (Å²) in [5, 5.41) is 0. The van der Waals surface area contributed by atoms with E-state index < -0.39 is 0 Å². The zero-order valence-corrected chi connectivity index (χ0v) is 7.13. The lowest BCUT2D eigenvalue weighted by molar-refractivity contribution is 0.505. The molecule has 0 aromatic heterocycles. The molecular weight excluding hydrogens is 145 g/mol. The van der Waals surface area contributed by atoms with Crippen molar-refractivity contribution in [3.05, 3.63) is 0 Å². The lowest BCUT2D eigenvalue weighted by atomic mass is 11.0. The molecule has 0 aliphatic heterocycles. The van der Waals surface area contributed by atoms with E-state index in [0.29, 0.717) is 11.8 Å². The van der Waals surface area contributed by atoms with Gasteiger partial charge in [-0.3, -0.25) is 0 Å². The Morgan fingerprint density at radius 1 is 1.00 bits per heavy atom. The molecule has 0 aliphatic carbocycles. The van der Waals surface area contributed by atoms with Crippen molar-refractivity contribution >= 4 is 23.2 Å². The molecule has 0 aromatic rings. The minimum absolute atomic E-state index is 0.557. The third-order valence-electron chi connectivity index (χ3n) is 0.0714. The zero-order valence-electron chi connectivity index (χ0n) is 5.62. The maximum atomic E-state index is 5.05. The highest BCUT2D eigenvalue weighted by Gasteiger charge is 1.61. The molecule has 0 unspecified atom stereocenters. The Morgan fingerprint density at radius 3 is 1.12 bits per heavy atom. The van der Waals surface area contributed by atoms with Crippen LogP contribution in [0.3, 0.4) is 0 Å². The second-order valence-corrected chi connectivity index (χ2v) is 2.48. The molecule has 0 spiro atoms.